The minimum Gasteiger partial charge on any atom is -0.489 e. The van der Waals surface area contributed by atoms with Gasteiger partial charge in [-0.1, -0.05) is 36.4 Å². The fourth-order valence-corrected chi connectivity index (χ4v) is 9.16. The number of nitriles is 2. The normalized spacial score (nSPS) is 13.3. The number of amides is 2. The predicted molar refractivity (Wildman–Crippen MR) is 263 cm³/mol. The van der Waals surface area contributed by atoms with Gasteiger partial charge in [0.25, 0.3) is 11.8 Å². The van der Waals surface area contributed by atoms with Crippen molar-refractivity contribution in [3.63, 3.8) is 0 Å². The number of hydrogen-bond acceptors (Lipinski definition) is 13. The third kappa shape index (κ3) is 11.9. The molecule has 8 rings (SSSR count). The second kappa shape index (κ2) is 23.0. The van der Waals surface area contributed by atoms with Crippen LogP contribution in [0.25, 0.3) is 11.1 Å². The molecular weight excluding hydrogens is 919 g/mol. The molecule has 5 N–H and O–H groups in total. The van der Waals surface area contributed by atoms with Crippen LogP contribution < -0.4 is 24.6 Å². The molecule has 2 amide bonds. The van der Waals surface area contributed by atoms with E-state index in [1.54, 1.807) is 64.7 Å². The molecule has 0 saturated carbocycles. The van der Waals surface area contributed by atoms with Crippen molar-refractivity contribution < 1.29 is 49.1 Å². The number of carbonyl (C=O) groups is 4. The quantitative estimate of drug-likeness (QED) is 0.0513. The van der Waals surface area contributed by atoms with E-state index in [-0.39, 0.29) is 51.0 Å². The molecule has 366 valence electrons. The van der Waals surface area contributed by atoms with Crippen LogP contribution in [0.15, 0.2) is 110 Å². The Bertz CT molecular complexity index is 2900. The smallest absolute Gasteiger partial charge is 0.306 e. The molecule has 17 nitrogen and oxygen atoms in total. The van der Waals surface area contributed by atoms with Gasteiger partial charge in [-0.15, -0.1) is 0 Å². The summed E-state index contributed by atoms with van der Waals surface area (Å²) in [5.74, 6) is -1.83. The lowest BCUT2D eigenvalue weighted by atomic mass is 9.93. The zero-order valence-corrected chi connectivity index (χ0v) is 39.2. The first-order chi connectivity index (χ1) is 34.9. The highest BCUT2D eigenvalue weighted by Crippen LogP contribution is 2.43. The van der Waals surface area contributed by atoms with Crippen molar-refractivity contribution in [3.8, 4) is 34.8 Å². The maximum absolute atomic E-state index is 14.5. The minimum atomic E-state index is -1.12. The number of ether oxygens (including phenoxy) is 2. The molecule has 2 atom stereocenters. The lowest BCUT2D eigenvalue weighted by Gasteiger charge is -2.21. The number of aliphatic carboxylic acids is 2. The monoisotopic (exact) mass is 969 g/mol. The molecule has 0 fully saturated rings. The Kier molecular flexibility index (Phi) is 15.9. The molecule has 0 bridgehead atoms. The van der Waals surface area contributed by atoms with Gasteiger partial charge in [0.2, 0.25) is 0 Å². The number of nitrogens with zero attached hydrogens (tertiary/aromatic N) is 6. The summed E-state index contributed by atoms with van der Waals surface area (Å²) >= 11 is 0. The number of fused-ring (bicyclic) bond motifs is 2. The van der Waals surface area contributed by atoms with Crippen LogP contribution in [0.5, 0.6) is 11.5 Å². The molecule has 0 saturated heterocycles. The number of hydrogen-bond donors (Lipinski definition) is 5. The molecule has 17 heteroatoms. The first-order valence-corrected chi connectivity index (χ1v) is 23.5. The van der Waals surface area contributed by atoms with Crippen molar-refractivity contribution in [1.82, 2.24) is 15.3 Å². The van der Waals surface area contributed by atoms with E-state index in [4.69, 9.17) is 19.7 Å². The molecule has 2 aromatic heterocycles. The molecule has 0 unspecified atom stereocenters. The van der Waals surface area contributed by atoms with Crippen molar-refractivity contribution in [2.75, 3.05) is 29.4 Å². The molecule has 6 aromatic rings. The van der Waals surface area contributed by atoms with Gasteiger partial charge in [0, 0.05) is 90.2 Å². The van der Waals surface area contributed by atoms with Crippen molar-refractivity contribution in [2.24, 2.45) is 0 Å². The summed E-state index contributed by atoms with van der Waals surface area (Å²) in [6.07, 6.45) is 5.61. The van der Waals surface area contributed by atoms with Gasteiger partial charge in [-0.3, -0.25) is 29.1 Å². The molecule has 2 aliphatic heterocycles. The fraction of sp³-hybridized carbons (Fsp3) is 0.273. The summed E-state index contributed by atoms with van der Waals surface area (Å²) in [7, 11) is 0. The summed E-state index contributed by atoms with van der Waals surface area (Å²) in [5, 5.41) is 60.3. The molecular formula is C55H51N7O10. The zero-order chi connectivity index (χ0) is 50.7. The van der Waals surface area contributed by atoms with E-state index >= 15 is 0 Å². The number of aryl methyl sites for hydroxylation is 1. The number of aliphatic hydroxyl groups excluding tert-OH is 2. The maximum atomic E-state index is 14.5. The van der Waals surface area contributed by atoms with E-state index in [0.717, 1.165) is 39.2 Å². The van der Waals surface area contributed by atoms with Crippen LogP contribution in [0.4, 0.5) is 11.4 Å². The Balaban J connectivity index is 1.02. The number of carboxylic acid groups (broad SMARTS) is 2. The molecule has 0 aliphatic carbocycles. The largest absolute Gasteiger partial charge is 0.489 e. The average molecular weight is 970 g/mol. The number of aliphatic hydroxyl groups is 2. The van der Waals surface area contributed by atoms with Gasteiger partial charge >= 0.3 is 11.9 Å². The topological polar surface area (TPSA) is 260 Å². The minimum absolute atomic E-state index is 0.0196. The van der Waals surface area contributed by atoms with Crippen LogP contribution >= 0.6 is 0 Å². The second-order valence-electron chi connectivity index (χ2n) is 17.7. The lowest BCUT2D eigenvalue weighted by molar-refractivity contribution is -0.140. The van der Waals surface area contributed by atoms with Gasteiger partial charge in [-0.05, 0) is 108 Å². The van der Waals surface area contributed by atoms with Crippen molar-refractivity contribution in [1.29, 1.82) is 10.5 Å². The summed E-state index contributed by atoms with van der Waals surface area (Å²) in [4.78, 5) is 62.8. The lowest BCUT2D eigenvalue weighted by Crippen LogP contribution is -2.29. The highest BCUT2D eigenvalue weighted by atomic mass is 16.5. The highest BCUT2D eigenvalue weighted by Gasteiger charge is 2.32. The average Bonchev–Trinajstić information content (AvgIpc) is 4.03. The van der Waals surface area contributed by atoms with Crippen LogP contribution in [-0.4, -0.2) is 86.0 Å². The standard InChI is InChI=1S/C55H51N7O10/c56-24-34-18-36(28-58-26-34)32-71-50-20-39(11-10-38(50)4-1-5-42(63)22-52(65)66)54(69)61-16-14-46-44(6-2-8-48(46)61)45-7-3-9-49-47(45)15-17-62(49)55(70)40-12-13-41(30-60-31-43(64)23-53(67)68)51(21-40)72-33-37-19-35(25-57)27-59-29-37/h2-3,6-13,18-21,26-29,42-43,60,63-64H,1,4-5,14-17,22-23,30-33H2,(H,65,66)(H,67,68)/t42-,43+/m1/s1. The molecule has 72 heavy (non-hydrogen) atoms. The molecule has 4 heterocycles. The third-order valence-corrected chi connectivity index (χ3v) is 12.6. The number of pyridine rings is 2. The summed E-state index contributed by atoms with van der Waals surface area (Å²) < 4.78 is 12.5. The first-order valence-electron chi connectivity index (χ1n) is 23.5. The summed E-state index contributed by atoms with van der Waals surface area (Å²) in [6, 6.07) is 29.7. The van der Waals surface area contributed by atoms with Gasteiger partial charge in [-0.2, -0.15) is 10.5 Å². The Labute approximate surface area is 415 Å². The number of carboxylic acids is 2. The molecule has 2 aliphatic rings. The number of aromatic nitrogens is 2. The van der Waals surface area contributed by atoms with Gasteiger partial charge in [0.05, 0.1) is 36.2 Å². The van der Waals surface area contributed by atoms with Crippen molar-refractivity contribution >= 4 is 35.1 Å². The van der Waals surface area contributed by atoms with E-state index in [1.807, 2.05) is 42.5 Å². The highest BCUT2D eigenvalue weighted by molar-refractivity contribution is 6.09. The predicted octanol–water partition coefficient (Wildman–Crippen LogP) is 6.53. The van der Waals surface area contributed by atoms with Crippen LogP contribution in [-0.2, 0) is 48.6 Å². The maximum Gasteiger partial charge on any atom is 0.306 e. The number of benzene rings is 4. The number of anilines is 2. The van der Waals surface area contributed by atoms with Crippen molar-refractivity contribution in [2.45, 2.75) is 76.9 Å². The van der Waals surface area contributed by atoms with E-state index in [9.17, 15) is 39.9 Å². The number of rotatable bonds is 21. The van der Waals surface area contributed by atoms with E-state index < -0.39 is 30.6 Å². The van der Waals surface area contributed by atoms with Gasteiger partial charge < -0.3 is 45.0 Å². The Morgan fingerprint density at radius 2 is 1.15 bits per heavy atom. The van der Waals surface area contributed by atoms with Crippen molar-refractivity contribution in [3.05, 3.63) is 165 Å². The zero-order valence-electron chi connectivity index (χ0n) is 39.2. The summed E-state index contributed by atoms with van der Waals surface area (Å²) in [6.45, 7) is 1.21. The second-order valence-corrected chi connectivity index (χ2v) is 17.7. The van der Waals surface area contributed by atoms with E-state index in [0.29, 0.717) is 89.2 Å². The van der Waals surface area contributed by atoms with E-state index in [1.165, 1.54) is 12.4 Å². The van der Waals surface area contributed by atoms with Crippen LogP contribution in [0, 0.1) is 22.7 Å². The Morgan fingerprint density at radius 1 is 0.653 bits per heavy atom. The van der Waals surface area contributed by atoms with Gasteiger partial charge in [-0.25, -0.2) is 0 Å². The van der Waals surface area contributed by atoms with Gasteiger partial charge in [0.1, 0.15) is 36.9 Å². The molecule has 4 aromatic carbocycles. The molecule has 0 spiro atoms. The van der Waals surface area contributed by atoms with E-state index in [2.05, 4.69) is 27.4 Å². The third-order valence-electron chi connectivity index (χ3n) is 12.6. The molecule has 0 radical (unpaired) electrons. The number of carbonyl (C=O) groups excluding carboxylic acids is 2. The first kappa shape index (κ1) is 49.9. The Hall–Kier alpha value is -8.48. The SMILES string of the molecule is N#Cc1cncc(COc2cc(C(=O)N3CCc4c(-c5cccc6c5CCN6C(=O)c5ccc(CNC[C@@H](O)CC(=O)O)c(OCc6cncc(C#N)c6)c5)cccc43)ccc2CCC[C@@H](O)CC(=O)O)c1. The summed E-state index contributed by atoms with van der Waals surface area (Å²) in [5.41, 5.74) is 9.72. The Morgan fingerprint density at radius 3 is 1.67 bits per heavy atom. The van der Waals surface area contributed by atoms with Crippen LogP contribution in [0.2, 0.25) is 0 Å². The van der Waals surface area contributed by atoms with Crippen LogP contribution in [0.3, 0.4) is 0 Å². The van der Waals surface area contributed by atoms with Crippen LogP contribution in [0.1, 0.15) is 90.9 Å². The fourth-order valence-electron chi connectivity index (χ4n) is 9.16. The van der Waals surface area contributed by atoms with Gasteiger partial charge in [0.15, 0.2) is 0 Å². The number of nitrogens with one attached hydrogen (secondary N) is 1.